The van der Waals surface area contributed by atoms with Crippen molar-refractivity contribution in [2.24, 2.45) is 0 Å². The third-order valence-electron chi connectivity index (χ3n) is 16.7. The number of hydrogen-bond donors (Lipinski definition) is 3. The summed E-state index contributed by atoms with van der Waals surface area (Å²) in [6, 6.07) is -0.628. The zero-order chi connectivity index (χ0) is 56.4. The van der Waals surface area contributed by atoms with Crippen molar-refractivity contribution in [3.8, 4) is 0 Å². The van der Waals surface area contributed by atoms with Gasteiger partial charge in [0.25, 0.3) is 0 Å². The van der Waals surface area contributed by atoms with Gasteiger partial charge >= 0.3 is 5.97 Å². The van der Waals surface area contributed by atoms with Gasteiger partial charge in [0.1, 0.15) is 0 Å². The van der Waals surface area contributed by atoms with E-state index in [4.69, 9.17) is 4.74 Å². The molecule has 2 atom stereocenters. The molecule has 6 nitrogen and oxygen atoms in total. The summed E-state index contributed by atoms with van der Waals surface area (Å²) in [4.78, 5) is 24.5. The first-order valence-electron chi connectivity index (χ1n) is 35.6. The number of carbonyl (C=O) groups excluding carboxylic acids is 2. The Kier molecular flexibility index (Phi) is 66.4. The van der Waals surface area contributed by atoms with Gasteiger partial charge in [-0.3, -0.25) is 9.59 Å². The van der Waals surface area contributed by atoms with Gasteiger partial charge in [-0.05, 0) is 57.8 Å². The zero-order valence-electron chi connectivity index (χ0n) is 52.9. The van der Waals surface area contributed by atoms with E-state index < -0.39 is 12.1 Å². The van der Waals surface area contributed by atoms with Crippen molar-refractivity contribution in [1.82, 2.24) is 5.32 Å². The van der Waals surface area contributed by atoms with E-state index in [2.05, 4.69) is 31.3 Å². The average molecular weight is 1100 g/mol. The molecule has 0 saturated carbocycles. The second-order valence-corrected chi connectivity index (χ2v) is 24.6. The summed E-state index contributed by atoms with van der Waals surface area (Å²) in [6.07, 6.45) is 85.5. The van der Waals surface area contributed by atoms with Crippen molar-refractivity contribution in [3.63, 3.8) is 0 Å². The van der Waals surface area contributed by atoms with E-state index in [1.165, 1.54) is 334 Å². The Labute approximate surface area is 488 Å². The van der Waals surface area contributed by atoms with Gasteiger partial charge in [-0.2, -0.15) is 0 Å². The summed E-state index contributed by atoms with van der Waals surface area (Å²) in [5, 5.41) is 23.2. The number of carbonyl (C=O) groups is 2. The van der Waals surface area contributed by atoms with Crippen LogP contribution >= 0.6 is 0 Å². The van der Waals surface area contributed by atoms with Crippen molar-refractivity contribution in [1.29, 1.82) is 0 Å². The van der Waals surface area contributed by atoms with Gasteiger partial charge in [0.05, 0.1) is 25.4 Å². The van der Waals surface area contributed by atoms with Crippen LogP contribution in [0.15, 0.2) is 24.3 Å². The van der Waals surface area contributed by atoms with Gasteiger partial charge in [-0.1, -0.05) is 353 Å². The Morgan fingerprint density at radius 3 is 0.910 bits per heavy atom. The minimum Gasteiger partial charge on any atom is -0.466 e. The van der Waals surface area contributed by atoms with E-state index >= 15 is 0 Å². The van der Waals surface area contributed by atoms with Crippen LogP contribution < -0.4 is 5.32 Å². The van der Waals surface area contributed by atoms with Crippen LogP contribution in [0.2, 0.25) is 0 Å². The molecule has 0 aromatic heterocycles. The van der Waals surface area contributed by atoms with Gasteiger partial charge in [-0.15, -0.1) is 0 Å². The van der Waals surface area contributed by atoms with Crippen molar-refractivity contribution in [3.05, 3.63) is 24.3 Å². The molecule has 0 aromatic rings. The predicted octanol–water partition coefficient (Wildman–Crippen LogP) is 22.9. The van der Waals surface area contributed by atoms with Crippen LogP contribution in [0, 0.1) is 0 Å². The smallest absolute Gasteiger partial charge is 0.305 e. The van der Waals surface area contributed by atoms with Crippen molar-refractivity contribution < 1.29 is 24.5 Å². The van der Waals surface area contributed by atoms with Crippen LogP contribution in [0.25, 0.3) is 0 Å². The number of esters is 1. The van der Waals surface area contributed by atoms with Crippen LogP contribution in [-0.4, -0.2) is 47.4 Å². The van der Waals surface area contributed by atoms with E-state index in [0.717, 1.165) is 38.5 Å². The van der Waals surface area contributed by atoms with Crippen molar-refractivity contribution >= 4 is 11.9 Å². The van der Waals surface area contributed by atoms with Gasteiger partial charge in [0.2, 0.25) is 5.91 Å². The Bertz CT molecular complexity index is 1220. The van der Waals surface area contributed by atoms with Crippen LogP contribution in [0.5, 0.6) is 0 Å². The minimum absolute atomic E-state index is 0.0175. The van der Waals surface area contributed by atoms with Crippen molar-refractivity contribution in [2.45, 2.75) is 411 Å². The molecule has 3 N–H and O–H groups in total. The molecule has 0 rings (SSSR count). The highest BCUT2D eigenvalue weighted by atomic mass is 16.5. The Morgan fingerprint density at radius 1 is 0.346 bits per heavy atom. The summed E-state index contributed by atoms with van der Waals surface area (Å²) in [6.45, 7) is 4.94. The van der Waals surface area contributed by atoms with Crippen LogP contribution in [0.3, 0.4) is 0 Å². The average Bonchev–Trinajstić information content (AvgIpc) is 3.44. The summed E-state index contributed by atoms with van der Waals surface area (Å²) < 4.78 is 5.48. The quantitative estimate of drug-likeness (QED) is 0.0320. The number of nitrogens with one attached hydrogen (secondary N) is 1. The van der Waals surface area contributed by atoms with Gasteiger partial charge in [0, 0.05) is 12.8 Å². The lowest BCUT2D eigenvalue weighted by Gasteiger charge is -2.20. The molecule has 0 aromatic carbocycles. The highest BCUT2D eigenvalue weighted by Gasteiger charge is 2.18. The molecule has 0 fully saturated rings. The molecule has 0 spiro atoms. The summed E-state index contributed by atoms with van der Waals surface area (Å²) in [5.74, 6) is -0.0457. The minimum atomic E-state index is -0.844. The van der Waals surface area contributed by atoms with Gasteiger partial charge in [0.15, 0.2) is 0 Å². The fraction of sp³-hybridized carbons (Fsp3) is 0.917. The Hall–Kier alpha value is -1.66. The Balaban J connectivity index is 3.40. The third-order valence-corrected chi connectivity index (χ3v) is 16.7. The molecule has 0 saturated heterocycles. The van der Waals surface area contributed by atoms with Crippen LogP contribution in [-0.2, 0) is 14.3 Å². The maximum Gasteiger partial charge on any atom is 0.305 e. The fourth-order valence-electron chi connectivity index (χ4n) is 11.3. The predicted molar refractivity (Wildman–Crippen MR) is 343 cm³/mol. The lowest BCUT2D eigenvalue weighted by Crippen LogP contribution is -2.45. The second kappa shape index (κ2) is 67.8. The normalized spacial score (nSPS) is 12.6. The molecule has 0 heterocycles. The van der Waals surface area contributed by atoms with Gasteiger partial charge in [-0.25, -0.2) is 0 Å². The maximum absolute atomic E-state index is 12.5. The number of hydrogen-bond acceptors (Lipinski definition) is 5. The van der Waals surface area contributed by atoms with E-state index in [0.29, 0.717) is 19.4 Å². The van der Waals surface area contributed by atoms with E-state index in [1.54, 1.807) is 6.08 Å². The summed E-state index contributed by atoms with van der Waals surface area (Å²) in [7, 11) is 0. The standard InChI is InChI=1S/C72H139NO5/c1-3-5-7-9-11-13-15-17-18-19-20-32-35-38-41-44-48-52-56-60-64-70(75)69(68-74)73-71(76)65-61-57-53-49-45-42-39-36-33-30-28-26-24-22-21-23-25-27-29-31-34-37-40-43-47-51-55-59-63-67-78-72(77)66-62-58-54-50-46-16-14-12-10-8-6-4-2/h21,23,60,64,69-70,74-75H,3-20,22,24-59,61-63,65-68H2,1-2H3,(H,73,76)/b23-21-,64-60+. The lowest BCUT2D eigenvalue weighted by molar-refractivity contribution is -0.143. The monoisotopic (exact) mass is 1100 g/mol. The molecule has 78 heavy (non-hydrogen) atoms. The third kappa shape index (κ3) is 63.5. The van der Waals surface area contributed by atoms with Gasteiger partial charge < -0.3 is 20.3 Å². The summed E-state index contributed by atoms with van der Waals surface area (Å²) in [5.41, 5.74) is 0. The molecule has 6 heteroatoms. The molecule has 0 aliphatic rings. The number of aliphatic hydroxyl groups excluding tert-OH is 2. The number of ether oxygens (including phenoxy) is 1. The number of allylic oxidation sites excluding steroid dienone is 3. The summed E-state index contributed by atoms with van der Waals surface area (Å²) >= 11 is 0. The van der Waals surface area contributed by atoms with Crippen molar-refractivity contribution in [2.75, 3.05) is 13.2 Å². The molecular formula is C72H139NO5. The highest BCUT2D eigenvalue weighted by molar-refractivity contribution is 5.76. The van der Waals surface area contributed by atoms with Crippen LogP contribution in [0.1, 0.15) is 399 Å². The molecule has 0 radical (unpaired) electrons. The fourth-order valence-corrected chi connectivity index (χ4v) is 11.3. The topological polar surface area (TPSA) is 95.9 Å². The number of aliphatic hydroxyl groups is 2. The highest BCUT2D eigenvalue weighted by Crippen LogP contribution is 2.19. The number of unbranched alkanes of at least 4 members (excludes halogenated alkanes) is 54. The number of rotatable bonds is 67. The second-order valence-electron chi connectivity index (χ2n) is 24.6. The molecule has 462 valence electrons. The molecule has 0 bridgehead atoms. The number of amides is 1. The van der Waals surface area contributed by atoms with E-state index in [9.17, 15) is 19.8 Å². The molecule has 0 aliphatic carbocycles. The molecular weight excluding hydrogens is 959 g/mol. The first-order chi connectivity index (χ1) is 38.5. The molecule has 2 unspecified atom stereocenters. The largest absolute Gasteiger partial charge is 0.466 e. The van der Waals surface area contributed by atoms with E-state index in [-0.39, 0.29) is 18.5 Å². The van der Waals surface area contributed by atoms with E-state index in [1.807, 2.05) is 6.08 Å². The first kappa shape index (κ1) is 76.3. The molecule has 1 amide bonds. The SMILES string of the molecule is CCCCCCCCCCCCCCCCCCCC/C=C/C(O)C(CO)NC(=O)CCCCCCCCCCCCCCC/C=C\CCCCCCCCCCCCCCOC(=O)CCCCCCCCCCCCCC. The lowest BCUT2D eigenvalue weighted by atomic mass is 10.0. The first-order valence-corrected chi connectivity index (χ1v) is 35.6. The maximum atomic E-state index is 12.5. The Morgan fingerprint density at radius 2 is 0.603 bits per heavy atom. The molecule has 0 aliphatic heterocycles. The zero-order valence-corrected chi connectivity index (χ0v) is 52.9. The van der Waals surface area contributed by atoms with Crippen LogP contribution in [0.4, 0.5) is 0 Å².